The molecule has 0 heterocycles. The Morgan fingerprint density at radius 2 is 1.70 bits per heavy atom. The van der Waals surface area contributed by atoms with Crippen LogP contribution in [0.2, 0.25) is 0 Å². The molecule has 0 saturated heterocycles. The van der Waals surface area contributed by atoms with Gasteiger partial charge in [-0.3, -0.25) is 9.59 Å². The highest BCUT2D eigenvalue weighted by Crippen LogP contribution is 2.34. The van der Waals surface area contributed by atoms with Crippen molar-refractivity contribution in [2.24, 2.45) is 0 Å². The van der Waals surface area contributed by atoms with Crippen LogP contribution in [0.1, 0.15) is 51.0 Å². The summed E-state index contributed by atoms with van der Waals surface area (Å²) < 4.78 is 0. The number of hydrogen-bond acceptors (Lipinski definition) is 2. The fourth-order valence-electron chi connectivity index (χ4n) is 2.54. The predicted molar refractivity (Wildman–Crippen MR) is 76.8 cm³/mol. The monoisotopic (exact) mass is 278 g/mol. The van der Waals surface area contributed by atoms with Crippen molar-refractivity contribution in [2.75, 3.05) is 0 Å². The van der Waals surface area contributed by atoms with Crippen LogP contribution in [0.4, 0.5) is 0 Å². The van der Waals surface area contributed by atoms with Gasteiger partial charge >= 0.3 is 11.9 Å². The molecule has 1 aromatic rings. The molecule has 4 nitrogen and oxygen atoms in total. The first-order chi connectivity index (χ1) is 9.53. The first-order valence-corrected chi connectivity index (χ1v) is 7.03. The number of carbonyl (C=O) groups is 2. The molecule has 2 N–H and O–H groups in total. The Bertz CT molecular complexity index is 441. The van der Waals surface area contributed by atoms with E-state index in [1.807, 2.05) is 37.3 Å². The summed E-state index contributed by atoms with van der Waals surface area (Å²) in [5.41, 5.74) is -0.0296. The number of benzene rings is 1. The molecule has 0 fully saturated rings. The Morgan fingerprint density at radius 1 is 1.05 bits per heavy atom. The van der Waals surface area contributed by atoms with E-state index in [9.17, 15) is 14.7 Å². The van der Waals surface area contributed by atoms with Crippen LogP contribution in [0, 0.1) is 0 Å². The van der Waals surface area contributed by atoms with Crippen LogP contribution in [-0.2, 0) is 15.0 Å². The Kier molecular flexibility index (Phi) is 6.22. The van der Waals surface area contributed by atoms with E-state index in [2.05, 4.69) is 0 Å². The molecule has 0 aliphatic heterocycles. The molecule has 0 radical (unpaired) electrons. The summed E-state index contributed by atoms with van der Waals surface area (Å²) >= 11 is 0. The molecule has 0 spiro atoms. The molecular weight excluding hydrogens is 256 g/mol. The van der Waals surface area contributed by atoms with Gasteiger partial charge in [0.2, 0.25) is 0 Å². The van der Waals surface area contributed by atoms with Gasteiger partial charge in [0.1, 0.15) is 0 Å². The molecule has 0 saturated carbocycles. The molecule has 1 rings (SSSR count). The minimum Gasteiger partial charge on any atom is -0.481 e. The largest absolute Gasteiger partial charge is 0.481 e. The number of unbranched alkanes of at least 4 members (excludes halogenated alkanes) is 2. The minimum atomic E-state index is -0.857. The van der Waals surface area contributed by atoms with Gasteiger partial charge in [-0.15, -0.1) is 0 Å². The molecule has 0 aliphatic rings. The summed E-state index contributed by atoms with van der Waals surface area (Å²) in [6.07, 6.45) is 3.30. The first-order valence-electron chi connectivity index (χ1n) is 7.03. The molecule has 0 bridgehead atoms. The van der Waals surface area contributed by atoms with E-state index in [1.165, 1.54) is 0 Å². The molecule has 0 amide bonds. The molecule has 1 unspecified atom stereocenters. The lowest BCUT2D eigenvalue weighted by Gasteiger charge is -2.28. The summed E-state index contributed by atoms with van der Waals surface area (Å²) in [6, 6.07) is 9.29. The maximum atomic E-state index is 11.7. The highest BCUT2D eigenvalue weighted by atomic mass is 16.4. The zero-order chi connectivity index (χ0) is 15.0. The van der Waals surface area contributed by atoms with E-state index in [0.717, 1.165) is 18.4 Å². The van der Waals surface area contributed by atoms with Crippen LogP contribution in [0.15, 0.2) is 30.3 Å². The quantitative estimate of drug-likeness (QED) is 0.678. The Labute approximate surface area is 119 Å². The summed E-state index contributed by atoms with van der Waals surface area (Å²) in [5, 5.41) is 18.2. The second kappa shape index (κ2) is 7.68. The fourth-order valence-corrected chi connectivity index (χ4v) is 2.54. The van der Waals surface area contributed by atoms with Gasteiger partial charge in [0.05, 0.1) is 5.41 Å². The predicted octanol–water partition coefficient (Wildman–Crippen LogP) is 3.45. The van der Waals surface area contributed by atoms with Gasteiger partial charge in [-0.05, 0) is 24.8 Å². The van der Waals surface area contributed by atoms with Crippen LogP contribution in [0.3, 0.4) is 0 Å². The van der Waals surface area contributed by atoms with Gasteiger partial charge < -0.3 is 10.2 Å². The highest BCUT2D eigenvalue weighted by Gasteiger charge is 2.37. The van der Waals surface area contributed by atoms with Crippen molar-refractivity contribution in [1.29, 1.82) is 0 Å². The van der Waals surface area contributed by atoms with Crippen molar-refractivity contribution in [3.8, 4) is 0 Å². The lowest BCUT2D eigenvalue weighted by molar-refractivity contribution is -0.144. The molecule has 1 atom stereocenters. The SMILES string of the molecule is CCC(CCCCCC(=O)O)(C(=O)O)c1ccccc1. The maximum absolute atomic E-state index is 11.7. The number of hydrogen-bond donors (Lipinski definition) is 2. The zero-order valence-electron chi connectivity index (χ0n) is 11.8. The number of rotatable bonds is 9. The summed E-state index contributed by atoms with van der Waals surface area (Å²) in [6.45, 7) is 1.89. The summed E-state index contributed by atoms with van der Waals surface area (Å²) in [7, 11) is 0. The Balaban J connectivity index is 2.70. The van der Waals surface area contributed by atoms with Gasteiger partial charge in [-0.25, -0.2) is 0 Å². The van der Waals surface area contributed by atoms with Crippen molar-refractivity contribution < 1.29 is 19.8 Å². The second-order valence-electron chi connectivity index (χ2n) is 5.06. The van der Waals surface area contributed by atoms with Gasteiger partial charge in [-0.1, -0.05) is 50.1 Å². The number of carboxylic acid groups (broad SMARTS) is 2. The van der Waals surface area contributed by atoms with Crippen molar-refractivity contribution in [3.05, 3.63) is 35.9 Å². The smallest absolute Gasteiger partial charge is 0.314 e. The topological polar surface area (TPSA) is 74.6 Å². The molecule has 4 heteroatoms. The van der Waals surface area contributed by atoms with Crippen molar-refractivity contribution in [2.45, 2.75) is 50.9 Å². The molecule has 0 aliphatic carbocycles. The van der Waals surface area contributed by atoms with E-state index in [-0.39, 0.29) is 6.42 Å². The third-order valence-electron chi connectivity index (χ3n) is 3.83. The van der Waals surface area contributed by atoms with Crippen LogP contribution in [0.25, 0.3) is 0 Å². The van der Waals surface area contributed by atoms with Crippen molar-refractivity contribution in [3.63, 3.8) is 0 Å². The lowest BCUT2D eigenvalue weighted by atomic mass is 9.74. The first kappa shape index (κ1) is 16.2. The van der Waals surface area contributed by atoms with E-state index in [0.29, 0.717) is 19.3 Å². The Hall–Kier alpha value is -1.84. The summed E-state index contributed by atoms with van der Waals surface area (Å²) in [4.78, 5) is 22.2. The molecule has 20 heavy (non-hydrogen) atoms. The highest BCUT2D eigenvalue weighted by molar-refractivity contribution is 5.81. The van der Waals surface area contributed by atoms with E-state index < -0.39 is 17.4 Å². The second-order valence-corrected chi connectivity index (χ2v) is 5.06. The molecule has 110 valence electrons. The number of carboxylic acids is 2. The van der Waals surface area contributed by atoms with Crippen LogP contribution in [-0.4, -0.2) is 22.2 Å². The molecule has 0 aromatic heterocycles. The lowest BCUT2D eigenvalue weighted by Crippen LogP contribution is -2.35. The third kappa shape index (κ3) is 4.08. The summed E-state index contributed by atoms with van der Waals surface area (Å²) in [5.74, 6) is -1.60. The maximum Gasteiger partial charge on any atom is 0.314 e. The minimum absolute atomic E-state index is 0.150. The van der Waals surface area contributed by atoms with Crippen molar-refractivity contribution >= 4 is 11.9 Å². The van der Waals surface area contributed by atoms with Gasteiger partial charge in [-0.2, -0.15) is 0 Å². The van der Waals surface area contributed by atoms with Crippen LogP contribution < -0.4 is 0 Å². The van der Waals surface area contributed by atoms with E-state index >= 15 is 0 Å². The Morgan fingerprint density at radius 3 is 2.20 bits per heavy atom. The average molecular weight is 278 g/mol. The van der Waals surface area contributed by atoms with Crippen LogP contribution >= 0.6 is 0 Å². The van der Waals surface area contributed by atoms with Gasteiger partial charge in [0, 0.05) is 6.42 Å². The zero-order valence-corrected chi connectivity index (χ0v) is 11.8. The fraction of sp³-hybridized carbons (Fsp3) is 0.500. The van der Waals surface area contributed by atoms with Gasteiger partial charge in [0.15, 0.2) is 0 Å². The standard InChI is InChI=1S/C16H22O4/c1-2-16(15(19)20,13-9-5-3-6-10-13)12-8-4-7-11-14(17)18/h3,5-6,9-10H,2,4,7-8,11-12H2,1H3,(H,17,18)(H,19,20). The third-order valence-corrected chi connectivity index (χ3v) is 3.83. The van der Waals surface area contributed by atoms with Crippen molar-refractivity contribution in [1.82, 2.24) is 0 Å². The van der Waals surface area contributed by atoms with E-state index in [4.69, 9.17) is 5.11 Å². The van der Waals surface area contributed by atoms with Crippen LogP contribution in [0.5, 0.6) is 0 Å². The molecule has 1 aromatic carbocycles. The van der Waals surface area contributed by atoms with Gasteiger partial charge in [0.25, 0.3) is 0 Å². The number of aliphatic carboxylic acids is 2. The normalized spacial score (nSPS) is 13.7. The average Bonchev–Trinajstić information content (AvgIpc) is 2.43. The van der Waals surface area contributed by atoms with E-state index in [1.54, 1.807) is 0 Å². The molecular formula is C16H22O4.